The smallest absolute Gasteiger partial charge is 0.306 e. The van der Waals surface area contributed by atoms with E-state index in [1.807, 2.05) is 0 Å². The van der Waals surface area contributed by atoms with Crippen LogP contribution < -0.4 is 4.74 Å². The number of rotatable bonds is 2. The van der Waals surface area contributed by atoms with Crippen LogP contribution >= 0.6 is 0 Å². The molecule has 0 heterocycles. The molecule has 2 rings (SSSR count). The maximum Gasteiger partial charge on any atom is 0.306 e. The van der Waals surface area contributed by atoms with Crippen molar-refractivity contribution in [2.75, 3.05) is 7.11 Å². The van der Waals surface area contributed by atoms with E-state index in [2.05, 4.69) is 4.74 Å². The van der Waals surface area contributed by atoms with Gasteiger partial charge in [0.05, 0.1) is 13.0 Å². The minimum Gasteiger partial charge on any atom is -0.494 e. The molecule has 0 aromatic heterocycles. The van der Waals surface area contributed by atoms with Gasteiger partial charge in [0.25, 0.3) is 0 Å². The normalized spacial score (nSPS) is 15.3. The molecule has 1 saturated carbocycles. The number of benzene rings is 1. The average Bonchev–Trinajstić information content (AvgIpc) is 2.43. The molecular formula is C14H18F2O3. The standard InChI is InChI=1S/C7H6F2O.C7H12O2/c1-10-6-4-2-3-5(8)7(6)9;8-7(9)6-4-2-1-3-5-6/h2-4H,1H3;6H,1-5H2,(H,8,9). The topological polar surface area (TPSA) is 46.5 Å². The minimum atomic E-state index is -0.940. The van der Waals surface area contributed by atoms with Gasteiger partial charge >= 0.3 is 5.97 Å². The molecule has 0 atom stereocenters. The van der Waals surface area contributed by atoms with Crippen molar-refractivity contribution in [2.45, 2.75) is 32.1 Å². The summed E-state index contributed by atoms with van der Waals surface area (Å²) in [6.45, 7) is 0. The lowest BCUT2D eigenvalue weighted by atomic mass is 9.90. The molecule has 0 bridgehead atoms. The number of hydrogen-bond acceptors (Lipinski definition) is 2. The lowest BCUT2D eigenvalue weighted by Gasteiger charge is -2.16. The highest BCUT2D eigenvalue weighted by atomic mass is 19.2. The third kappa shape index (κ3) is 4.85. The van der Waals surface area contributed by atoms with Crippen LogP contribution in [0.25, 0.3) is 0 Å². The number of carboxylic acids is 1. The number of methoxy groups -OCH3 is 1. The first-order valence-electron chi connectivity index (χ1n) is 6.27. The highest BCUT2D eigenvalue weighted by Crippen LogP contribution is 2.23. The van der Waals surface area contributed by atoms with E-state index in [-0.39, 0.29) is 11.7 Å². The lowest BCUT2D eigenvalue weighted by molar-refractivity contribution is -0.142. The summed E-state index contributed by atoms with van der Waals surface area (Å²) >= 11 is 0. The van der Waals surface area contributed by atoms with Gasteiger partial charge in [0, 0.05) is 0 Å². The van der Waals surface area contributed by atoms with Crippen molar-refractivity contribution >= 4 is 5.97 Å². The molecule has 1 aliphatic carbocycles. The van der Waals surface area contributed by atoms with Crippen LogP contribution in [0.3, 0.4) is 0 Å². The van der Waals surface area contributed by atoms with Crippen molar-refractivity contribution in [1.29, 1.82) is 0 Å². The van der Waals surface area contributed by atoms with Crippen LogP contribution in [0.4, 0.5) is 8.78 Å². The molecule has 19 heavy (non-hydrogen) atoms. The van der Waals surface area contributed by atoms with Gasteiger partial charge in [-0.05, 0) is 25.0 Å². The molecular weight excluding hydrogens is 254 g/mol. The van der Waals surface area contributed by atoms with Crippen LogP contribution in [0.5, 0.6) is 5.75 Å². The zero-order valence-corrected chi connectivity index (χ0v) is 10.9. The van der Waals surface area contributed by atoms with E-state index in [1.165, 1.54) is 25.7 Å². The summed E-state index contributed by atoms with van der Waals surface area (Å²) in [6, 6.07) is 3.79. The van der Waals surface area contributed by atoms with Gasteiger partial charge in [-0.25, -0.2) is 4.39 Å². The molecule has 106 valence electrons. The maximum absolute atomic E-state index is 12.5. The highest BCUT2D eigenvalue weighted by molar-refractivity contribution is 5.69. The van der Waals surface area contributed by atoms with Crippen LogP contribution in [0.15, 0.2) is 18.2 Å². The summed E-state index contributed by atoms with van der Waals surface area (Å²) in [5.41, 5.74) is 0. The van der Waals surface area contributed by atoms with Gasteiger partial charge in [0.1, 0.15) is 0 Å². The van der Waals surface area contributed by atoms with Gasteiger partial charge in [-0.1, -0.05) is 25.3 Å². The van der Waals surface area contributed by atoms with E-state index >= 15 is 0 Å². The molecule has 5 heteroatoms. The Balaban J connectivity index is 0.000000191. The maximum atomic E-state index is 12.5. The second-order valence-corrected chi connectivity index (χ2v) is 4.43. The van der Waals surface area contributed by atoms with E-state index in [0.29, 0.717) is 0 Å². The van der Waals surface area contributed by atoms with Crippen molar-refractivity contribution in [3.8, 4) is 5.75 Å². The Morgan fingerprint density at radius 3 is 2.32 bits per heavy atom. The first kappa shape index (κ1) is 15.4. The number of aliphatic carboxylic acids is 1. The third-order valence-electron chi connectivity index (χ3n) is 3.09. The first-order chi connectivity index (χ1) is 9.06. The molecule has 0 aliphatic heterocycles. The quantitative estimate of drug-likeness (QED) is 0.894. The highest BCUT2D eigenvalue weighted by Gasteiger charge is 2.19. The predicted octanol–water partition coefficient (Wildman–Crippen LogP) is 3.62. The monoisotopic (exact) mass is 272 g/mol. The summed E-state index contributed by atoms with van der Waals surface area (Å²) < 4.78 is 29.3. The van der Waals surface area contributed by atoms with Crippen LogP contribution in [-0.2, 0) is 4.79 Å². The summed E-state index contributed by atoms with van der Waals surface area (Å²) in [5.74, 6) is -2.53. The van der Waals surface area contributed by atoms with Gasteiger partial charge < -0.3 is 9.84 Å². The number of ether oxygens (including phenoxy) is 1. The zero-order valence-electron chi connectivity index (χ0n) is 10.9. The third-order valence-corrected chi connectivity index (χ3v) is 3.09. The first-order valence-corrected chi connectivity index (χ1v) is 6.27. The Hall–Kier alpha value is -1.65. The van der Waals surface area contributed by atoms with Crippen molar-refractivity contribution in [3.63, 3.8) is 0 Å². The number of carbonyl (C=O) groups is 1. The average molecular weight is 272 g/mol. The summed E-state index contributed by atoms with van der Waals surface area (Å²) in [7, 11) is 1.29. The second-order valence-electron chi connectivity index (χ2n) is 4.43. The van der Waals surface area contributed by atoms with Crippen LogP contribution in [0.2, 0.25) is 0 Å². The molecule has 1 aromatic rings. The van der Waals surface area contributed by atoms with E-state index in [0.717, 1.165) is 31.7 Å². The molecule has 0 amide bonds. The van der Waals surface area contributed by atoms with Crippen LogP contribution in [0.1, 0.15) is 32.1 Å². The lowest BCUT2D eigenvalue weighted by Crippen LogP contribution is -2.16. The van der Waals surface area contributed by atoms with Crippen molar-refractivity contribution in [2.24, 2.45) is 5.92 Å². The fourth-order valence-electron chi connectivity index (χ4n) is 1.99. The fraction of sp³-hybridized carbons (Fsp3) is 0.500. The number of carboxylic acid groups (broad SMARTS) is 1. The van der Waals surface area contributed by atoms with Crippen molar-refractivity contribution in [1.82, 2.24) is 0 Å². The van der Waals surface area contributed by atoms with Gasteiger partial charge in [0.15, 0.2) is 11.6 Å². The Labute approximate surface area is 111 Å². The number of hydrogen-bond donors (Lipinski definition) is 1. The van der Waals surface area contributed by atoms with Gasteiger partial charge in [0.2, 0.25) is 5.82 Å². The van der Waals surface area contributed by atoms with Crippen LogP contribution in [-0.4, -0.2) is 18.2 Å². The minimum absolute atomic E-state index is 0.0289. The van der Waals surface area contributed by atoms with Gasteiger partial charge in [-0.2, -0.15) is 4.39 Å². The molecule has 1 fully saturated rings. The van der Waals surface area contributed by atoms with E-state index in [4.69, 9.17) is 5.11 Å². The molecule has 1 aromatic carbocycles. The van der Waals surface area contributed by atoms with Crippen molar-refractivity contribution in [3.05, 3.63) is 29.8 Å². The zero-order chi connectivity index (χ0) is 14.3. The second kappa shape index (κ2) is 7.71. The van der Waals surface area contributed by atoms with Gasteiger partial charge in [-0.3, -0.25) is 4.79 Å². The predicted molar refractivity (Wildman–Crippen MR) is 67.1 cm³/mol. The summed E-state index contributed by atoms with van der Waals surface area (Å²) in [4.78, 5) is 10.4. The SMILES string of the molecule is COc1cccc(F)c1F.O=C(O)C1CCCCC1. The Bertz CT molecular complexity index is 415. The summed E-state index contributed by atoms with van der Waals surface area (Å²) in [6.07, 6.45) is 5.24. The van der Waals surface area contributed by atoms with Crippen LogP contribution in [0, 0.1) is 17.6 Å². The Kier molecular flexibility index (Phi) is 6.25. The molecule has 1 aliphatic rings. The molecule has 3 nitrogen and oxygen atoms in total. The number of halogens is 2. The van der Waals surface area contributed by atoms with Gasteiger partial charge in [-0.15, -0.1) is 0 Å². The Morgan fingerprint density at radius 1 is 1.26 bits per heavy atom. The molecule has 0 spiro atoms. The van der Waals surface area contributed by atoms with E-state index in [9.17, 15) is 13.6 Å². The Morgan fingerprint density at radius 2 is 1.89 bits per heavy atom. The van der Waals surface area contributed by atoms with E-state index < -0.39 is 17.6 Å². The molecule has 0 radical (unpaired) electrons. The molecule has 0 saturated heterocycles. The largest absolute Gasteiger partial charge is 0.494 e. The van der Waals surface area contributed by atoms with E-state index in [1.54, 1.807) is 0 Å². The fourth-order valence-corrected chi connectivity index (χ4v) is 1.99. The molecule has 0 unspecified atom stereocenters. The summed E-state index contributed by atoms with van der Waals surface area (Å²) in [5, 5.41) is 8.54. The van der Waals surface area contributed by atoms with Crippen molar-refractivity contribution < 1.29 is 23.4 Å². The molecule has 1 N–H and O–H groups in total.